The van der Waals surface area contributed by atoms with Crippen molar-refractivity contribution in [2.24, 2.45) is 0 Å². The van der Waals surface area contributed by atoms with Gasteiger partial charge in [-0.05, 0) is 37.4 Å². The van der Waals surface area contributed by atoms with Crippen LogP contribution < -0.4 is 10.1 Å². The molecule has 0 amide bonds. The molecule has 1 saturated heterocycles. The SMILES string of the molecule is COc1ccc(CC2CCCCN2)c(F)c1S(C)(=O)=O. The van der Waals surface area contributed by atoms with E-state index in [0.717, 1.165) is 32.1 Å². The van der Waals surface area contributed by atoms with Gasteiger partial charge in [-0.2, -0.15) is 0 Å². The number of nitrogens with one attached hydrogen (secondary N) is 1. The Labute approximate surface area is 119 Å². The Morgan fingerprint density at radius 1 is 1.40 bits per heavy atom. The van der Waals surface area contributed by atoms with Crippen LogP contribution in [-0.2, 0) is 16.3 Å². The Balaban J connectivity index is 2.35. The second-order valence-corrected chi connectivity index (χ2v) is 7.15. The van der Waals surface area contributed by atoms with Gasteiger partial charge in [0.2, 0.25) is 0 Å². The van der Waals surface area contributed by atoms with Crippen molar-refractivity contribution < 1.29 is 17.5 Å². The maximum Gasteiger partial charge on any atom is 0.182 e. The van der Waals surface area contributed by atoms with Gasteiger partial charge in [0.1, 0.15) is 16.5 Å². The van der Waals surface area contributed by atoms with Crippen LogP contribution >= 0.6 is 0 Å². The smallest absolute Gasteiger partial charge is 0.182 e. The van der Waals surface area contributed by atoms with Crippen molar-refractivity contribution in [3.8, 4) is 5.75 Å². The zero-order valence-electron chi connectivity index (χ0n) is 11.8. The Hall–Kier alpha value is -1.14. The van der Waals surface area contributed by atoms with Gasteiger partial charge in [0.05, 0.1) is 7.11 Å². The molecule has 1 N–H and O–H groups in total. The molecule has 1 atom stereocenters. The Kier molecular flexibility index (Phi) is 4.65. The van der Waals surface area contributed by atoms with Crippen LogP contribution in [0.3, 0.4) is 0 Å². The number of piperidine rings is 1. The summed E-state index contributed by atoms with van der Waals surface area (Å²) in [5.74, 6) is -0.621. The molecule has 1 aromatic carbocycles. The molecule has 1 aliphatic rings. The first-order valence-electron chi connectivity index (χ1n) is 6.72. The van der Waals surface area contributed by atoms with Gasteiger partial charge in [0.15, 0.2) is 9.84 Å². The van der Waals surface area contributed by atoms with Crippen molar-refractivity contribution >= 4 is 9.84 Å². The first-order valence-corrected chi connectivity index (χ1v) is 8.61. The third-order valence-electron chi connectivity index (χ3n) is 3.61. The molecule has 1 aromatic rings. The van der Waals surface area contributed by atoms with E-state index in [-0.39, 0.29) is 16.7 Å². The van der Waals surface area contributed by atoms with Gasteiger partial charge < -0.3 is 10.1 Å². The summed E-state index contributed by atoms with van der Waals surface area (Å²) in [7, 11) is -2.32. The molecule has 112 valence electrons. The zero-order valence-corrected chi connectivity index (χ0v) is 12.6. The zero-order chi connectivity index (χ0) is 14.8. The topological polar surface area (TPSA) is 55.4 Å². The van der Waals surface area contributed by atoms with E-state index in [1.807, 2.05) is 0 Å². The van der Waals surface area contributed by atoms with E-state index in [9.17, 15) is 12.8 Å². The highest BCUT2D eigenvalue weighted by Gasteiger charge is 2.24. The number of ether oxygens (including phenoxy) is 1. The highest BCUT2D eigenvalue weighted by molar-refractivity contribution is 7.90. The normalized spacial score (nSPS) is 19.9. The second kappa shape index (κ2) is 6.10. The van der Waals surface area contributed by atoms with Crippen molar-refractivity contribution in [1.29, 1.82) is 0 Å². The minimum absolute atomic E-state index is 0.0605. The van der Waals surface area contributed by atoms with Crippen molar-refractivity contribution in [3.63, 3.8) is 0 Å². The maximum absolute atomic E-state index is 14.5. The standard InChI is InChI=1S/C14H20FNO3S/c1-19-12-7-6-10(9-11-5-3-4-8-16-11)13(15)14(12)20(2,17)18/h6-7,11,16H,3-5,8-9H2,1-2H3. The van der Waals surface area contributed by atoms with Crippen molar-refractivity contribution in [3.05, 3.63) is 23.5 Å². The molecule has 4 nitrogen and oxygen atoms in total. The summed E-state index contributed by atoms with van der Waals surface area (Å²) in [6, 6.07) is 3.34. The number of methoxy groups -OCH3 is 1. The third-order valence-corrected chi connectivity index (χ3v) is 4.73. The van der Waals surface area contributed by atoms with E-state index < -0.39 is 15.7 Å². The molecule has 6 heteroatoms. The average Bonchev–Trinajstić information content (AvgIpc) is 2.40. The molecule has 20 heavy (non-hydrogen) atoms. The van der Waals surface area contributed by atoms with E-state index in [1.165, 1.54) is 13.2 Å². The maximum atomic E-state index is 14.5. The van der Waals surface area contributed by atoms with Crippen LogP contribution in [0, 0.1) is 5.82 Å². The van der Waals surface area contributed by atoms with Crippen LogP contribution in [0.15, 0.2) is 17.0 Å². The van der Waals surface area contributed by atoms with E-state index in [1.54, 1.807) is 6.07 Å². The summed E-state index contributed by atoms with van der Waals surface area (Å²) in [6.07, 6.45) is 4.74. The Morgan fingerprint density at radius 2 is 2.15 bits per heavy atom. The van der Waals surface area contributed by atoms with Gasteiger partial charge in [0.25, 0.3) is 0 Å². The Morgan fingerprint density at radius 3 is 2.70 bits per heavy atom. The monoisotopic (exact) mass is 301 g/mol. The molecule has 1 aliphatic heterocycles. The highest BCUT2D eigenvalue weighted by Crippen LogP contribution is 2.30. The predicted molar refractivity (Wildman–Crippen MR) is 75.4 cm³/mol. The molecule has 2 rings (SSSR count). The number of hydrogen-bond acceptors (Lipinski definition) is 4. The van der Waals surface area contributed by atoms with Crippen LogP contribution in [0.4, 0.5) is 4.39 Å². The number of benzene rings is 1. The van der Waals surface area contributed by atoms with Gasteiger partial charge in [-0.25, -0.2) is 12.8 Å². The van der Waals surface area contributed by atoms with Gasteiger partial charge in [0, 0.05) is 12.3 Å². The van der Waals surface area contributed by atoms with E-state index in [0.29, 0.717) is 12.0 Å². The van der Waals surface area contributed by atoms with Crippen molar-refractivity contribution in [2.45, 2.75) is 36.6 Å². The van der Waals surface area contributed by atoms with Crippen LogP contribution in [0.25, 0.3) is 0 Å². The molecular formula is C14H20FNO3S. The van der Waals surface area contributed by atoms with Crippen molar-refractivity contribution in [1.82, 2.24) is 5.32 Å². The summed E-state index contributed by atoms with van der Waals surface area (Å²) in [5.41, 5.74) is 0.422. The van der Waals surface area contributed by atoms with Crippen LogP contribution in [0.2, 0.25) is 0 Å². The summed E-state index contributed by atoms with van der Waals surface area (Å²) < 4.78 is 42.9. The summed E-state index contributed by atoms with van der Waals surface area (Å²) in [4.78, 5) is -0.340. The number of sulfone groups is 1. The molecule has 0 spiro atoms. The largest absolute Gasteiger partial charge is 0.495 e. The average molecular weight is 301 g/mol. The quantitative estimate of drug-likeness (QED) is 0.923. The molecule has 0 radical (unpaired) electrons. The Bertz CT molecular complexity index is 580. The number of hydrogen-bond donors (Lipinski definition) is 1. The lowest BCUT2D eigenvalue weighted by atomic mass is 9.97. The van der Waals surface area contributed by atoms with E-state index in [4.69, 9.17) is 4.74 Å². The number of halogens is 1. The lowest BCUT2D eigenvalue weighted by Gasteiger charge is -2.24. The minimum atomic E-state index is -3.66. The molecule has 1 unspecified atom stereocenters. The minimum Gasteiger partial charge on any atom is -0.495 e. The fourth-order valence-corrected chi connectivity index (χ4v) is 3.58. The fourth-order valence-electron chi connectivity index (χ4n) is 2.61. The van der Waals surface area contributed by atoms with Crippen LogP contribution in [0.5, 0.6) is 5.75 Å². The summed E-state index contributed by atoms with van der Waals surface area (Å²) >= 11 is 0. The number of rotatable bonds is 4. The van der Waals surface area contributed by atoms with Gasteiger partial charge in [-0.3, -0.25) is 0 Å². The lowest BCUT2D eigenvalue weighted by Crippen LogP contribution is -2.35. The second-order valence-electron chi connectivity index (χ2n) is 5.19. The van der Waals surface area contributed by atoms with Gasteiger partial charge >= 0.3 is 0 Å². The lowest BCUT2D eigenvalue weighted by molar-refractivity contribution is 0.383. The first kappa shape index (κ1) is 15.3. The predicted octanol–water partition coefficient (Wildman–Crippen LogP) is 1.92. The van der Waals surface area contributed by atoms with Crippen LogP contribution in [-0.4, -0.2) is 34.4 Å². The molecule has 0 aliphatic carbocycles. The van der Waals surface area contributed by atoms with E-state index >= 15 is 0 Å². The third kappa shape index (κ3) is 3.30. The molecular weight excluding hydrogens is 281 g/mol. The molecule has 0 bridgehead atoms. The summed E-state index contributed by atoms with van der Waals surface area (Å²) in [5, 5.41) is 3.33. The molecule has 0 saturated carbocycles. The molecule has 0 aromatic heterocycles. The molecule has 1 heterocycles. The van der Waals surface area contributed by atoms with Gasteiger partial charge in [-0.15, -0.1) is 0 Å². The van der Waals surface area contributed by atoms with Crippen LogP contribution in [0.1, 0.15) is 24.8 Å². The fraction of sp³-hybridized carbons (Fsp3) is 0.571. The highest BCUT2D eigenvalue weighted by atomic mass is 32.2. The van der Waals surface area contributed by atoms with Crippen molar-refractivity contribution in [2.75, 3.05) is 19.9 Å². The van der Waals surface area contributed by atoms with Gasteiger partial charge in [-0.1, -0.05) is 12.5 Å². The van der Waals surface area contributed by atoms with E-state index in [2.05, 4.69) is 5.32 Å². The summed E-state index contributed by atoms with van der Waals surface area (Å²) in [6.45, 7) is 0.932. The molecule has 1 fully saturated rings. The first-order chi connectivity index (χ1) is 9.43.